The van der Waals surface area contributed by atoms with Gasteiger partial charge in [0, 0.05) is 26.2 Å². The van der Waals surface area contributed by atoms with Crippen molar-refractivity contribution in [2.75, 3.05) is 26.2 Å². The third-order valence-electron chi connectivity index (χ3n) is 4.58. The molecule has 27 heavy (non-hydrogen) atoms. The van der Waals surface area contributed by atoms with E-state index >= 15 is 0 Å². The van der Waals surface area contributed by atoms with E-state index < -0.39 is 16.1 Å². The molecular weight excluding hydrogens is 364 g/mol. The molecule has 1 aliphatic rings. The van der Waals surface area contributed by atoms with Gasteiger partial charge < -0.3 is 9.64 Å². The zero-order valence-corrected chi connectivity index (χ0v) is 16.4. The minimum atomic E-state index is -3.52. The quantitative estimate of drug-likeness (QED) is 0.788. The Bertz CT molecular complexity index is 891. The number of aryl methyl sites for hydroxylation is 1. The summed E-state index contributed by atoms with van der Waals surface area (Å²) in [7, 11) is -3.52. The Kier molecular flexibility index (Phi) is 5.82. The number of sulfonamides is 1. The second-order valence-electron chi connectivity index (χ2n) is 6.62. The molecule has 0 N–H and O–H groups in total. The molecule has 1 saturated heterocycles. The zero-order chi connectivity index (χ0) is 19.4. The van der Waals surface area contributed by atoms with Gasteiger partial charge in [-0.15, -0.1) is 0 Å². The van der Waals surface area contributed by atoms with E-state index in [1.807, 2.05) is 31.2 Å². The molecule has 0 radical (unpaired) electrons. The van der Waals surface area contributed by atoms with Crippen LogP contribution in [0.4, 0.5) is 0 Å². The van der Waals surface area contributed by atoms with Crippen LogP contribution in [0.3, 0.4) is 0 Å². The number of piperazine rings is 1. The summed E-state index contributed by atoms with van der Waals surface area (Å²) in [5, 5.41) is 0. The normalized spacial score (nSPS) is 16.7. The molecule has 3 rings (SSSR count). The largest absolute Gasteiger partial charge is 0.481 e. The zero-order valence-electron chi connectivity index (χ0n) is 15.5. The third kappa shape index (κ3) is 4.48. The molecule has 0 aliphatic carbocycles. The van der Waals surface area contributed by atoms with Gasteiger partial charge in [-0.25, -0.2) is 8.42 Å². The molecule has 0 saturated carbocycles. The van der Waals surface area contributed by atoms with Crippen LogP contribution in [0.5, 0.6) is 5.75 Å². The van der Waals surface area contributed by atoms with E-state index in [2.05, 4.69) is 0 Å². The summed E-state index contributed by atoms with van der Waals surface area (Å²) < 4.78 is 32.5. The highest BCUT2D eigenvalue weighted by atomic mass is 32.2. The third-order valence-corrected chi connectivity index (χ3v) is 6.49. The molecule has 6 nitrogen and oxygen atoms in total. The minimum Gasteiger partial charge on any atom is -0.481 e. The summed E-state index contributed by atoms with van der Waals surface area (Å²) in [6, 6.07) is 15.9. The number of benzene rings is 2. The molecule has 144 valence electrons. The second kappa shape index (κ2) is 8.10. The Morgan fingerprint density at radius 1 is 1.00 bits per heavy atom. The molecule has 0 aromatic heterocycles. The van der Waals surface area contributed by atoms with Crippen molar-refractivity contribution in [1.82, 2.24) is 9.21 Å². The van der Waals surface area contributed by atoms with Crippen LogP contribution in [0, 0.1) is 6.92 Å². The summed E-state index contributed by atoms with van der Waals surface area (Å²) in [6.45, 7) is 4.95. The van der Waals surface area contributed by atoms with Crippen molar-refractivity contribution in [3.8, 4) is 5.75 Å². The van der Waals surface area contributed by atoms with Gasteiger partial charge in [0.1, 0.15) is 5.75 Å². The van der Waals surface area contributed by atoms with Gasteiger partial charge in [0.2, 0.25) is 10.0 Å². The van der Waals surface area contributed by atoms with Crippen molar-refractivity contribution in [2.24, 2.45) is 0 Å². The minimum absolute atomic E-state index is 0.131. The number of rotatable bonds is 5. The molecule has 0 bridgehead atoms. The van der Waals surface area contributed by atoms with Crippen molar-refractivity contribution < 1.29 is 17.9 Å². The Morgan fingerprint density at radius 3 is 2.30 bits per heavy atom. The van der Waals surface area contributed by atoms with E-state index in [0.29, 0.717) is 18.8 Å². The van der Waals surface area contributed by atoms with E-state index in [4.69, 9.17) is 4.74 Å². The molecule has 1 heterocycles. The molecule has 2 aromatic carbocycles. The fourth-order valence-electron chi connectivity index (χ4n) is 3.09. The number of nitrogens with zero attached hydrogens (tertiary/aromatic N) is 2. The van der Waals surface area contributed by atoms with Crippen LogP contribution in [-0.2, 0) is 14.8 Å². The average Bonchev–Trinajstić information content (AvgIpc) is 2.68. The lowest BCUT2D eigenvalue weighted by Gasteiger charge is -2.35. The predicted octanol–water partition coefficient (Wildman–Crippen LogP) is 2.30. The van der Waals surface area contributed by atoms with Gasteiger partial charge in [-0.2, -0.15) is 4.31 Å². The van der Waals surface area contributed by atoms with Crippen molar-refractivity contribution in [2.45, 2.75) is 24.8 Å². The molecule has 1 amide bonds. The highest BCUT2D eigenvalue weighted by Crippen LogP contribution is 2.19. The topological polar surface area (TPSA) is 66.9 Å². The molecule has 1 atom stereocenters. The maximum atomic E-state index is 12.7. The van der Waals surface area contributed by atoms with Crippen LogP contribution in [0.1, 0.15) is 12.5 Å². The summed E-state index contributed by atoms with van der Waals surface area (Å²) in [5.41, 5.74) is 1.06. The number of hydrogen-bond acceptors (Lipinski definition) is 4. The van der Waals surface area contributed by atoms with Crippen molar-refractivity contribution >= 4 is 15.9 Å². The van der Waals surface area contributed by atoms with Crippen LogP contribution in [0.2, 0.25) is 0 Å². The highest BCUT2D eigenvalue weighted by Gasteiger charge is 2.31. The van der Waals surface area contributed by atoms with E-state index in [0.717, 1.165) is 5.56 Å². The summed E-state index contributed by atoms with van der Waals surface area (Å²) in [4.78, 5) is 14.6. The summed E-state index contributed by atoms with van der Waals surface area (Å²) >= 11 is 0. The SMILES string of the molecule is Cc1cccc(O[C@@H](C)C(=O)N2CCN(S(=O)(=O)c3ccccc3)CC2)c1. The first-order valence-electron chi connectivity index (χ1n) is 8.95. The fraction of sp³-hybridized carbons (Fsp3) is 0.350. The lowest BCUT2D eigenvalue weighted by Crippen LogP contribution is -2.53. The van der Waals surface area contributed by atoms with Gasteiger partial charge in [-0.05, 0) is 43.7 Å². The Morgan fingerprint density at radius 2 is 1.67 bits per heavy atom. The van der Waals surface area contributed by atoms with E-state index in [9.17, 15) is 13.2 Å². The van der Waals surface area contributed by atoms with Gasteiger partial charge in [0.25, 0.3) is 5.91 Å². The van der Waals surface area contributed by atoms with Crippen LogP contribution in [0.15, 0.2) is 59.5 Å². The smallest absolute Gasteiger partial charge is 0.263 e. The highest BCUT2D eigenvalue weighted by molar-refractivity contribution is 7.89. The molecule has 1 aliphatic heterocycles. The van der Waals surface area contributed by atoms with Crippen molar-refractivity contribution in [3.05, 3.63) is 60.2 Å². The first-order valence-corrected chi connectivity index (χ1v) is 10.4. The maximum Gasteiger partial charge on any atom is 0.263 e. The van der Waals surface area contributed by atoms with Crippen LogP contribution in [0.25, 0.3) is 0 Å². The van der Waals surface area contributed by atoms with E-state index in [1.54, 1.807) is 42.2 Å². The first kappa shape index (κ1) is 19.4. The molecule has 2 aromatic rings. The van der Waals surface area contributed by atoms with Crippen LogP contribution < -0.4 is 4.74 Å². The van der Waals surface area contributed by atoms with Crippen molar-refractivity contribution in [1.29, 1.82) is 0 Å². The van der Waals surface area contributed by atoms with Crippen LogP contribution in [-0.4, -0.2) is 55.8 Å². The number of hydrogen-bond donors (Lipinski definition) is 0. The van der Waals surface area contributed by atoms with Gasteiger partial charge >= 0.3 is 0 Å². The molecule has 1 fully saturated rings. The molecule has 0 unspecified atom stereocenters. The Labute approximate surface area is 160 Å². The van der Waals surface area contributed by atoms with Crippen LogP contribution >= 0.6 is 0 Å². The molecule has 7 heteroatoms. The fourth-order valence-corrected chi connectivity index (χ4v) is 4.53. The van der Waals surface area contributed by atoms with Crippen molar-refractivity contribution in [3.63, 3.8) is 0 Å². The number of amides is 1. The summed E-state index contributed by atoms with van der Waals surface area (Å²) in [5.74, 6) is 0.523. The predicted molar refractivity (Wildman–Crippen MR) is 103 cm³/mol. The average molecular weight is 388 g/mol. The lowest BCUT2D eigenvalue weighted by molar-refractivity contribution is -0.139. The van der Waals surface area contributed by atoms with Gasteiger partial charge in [0.15, 0.2) is 6.10 Å². The van der Waals surface area contributed by atoms with Gasteiger partial charge in [-0.1, -0.05) is 30.3 Å². The lowest BCUT2D eigenvalue weighted by atomic mass is 10.2. The number of carbonyl (C=O) groups is 1. The van der Waals surface area contributed by atoms with E-state index in [-0.39, 0.29) is 23.9 Å². The molecular formula is C20H24N2O4S. The molecule has 0 spiro atoms. The van der Waals surface area contributed by atoms with Gasteiger partial charge in [-0.3, -0.25) is 4.79 Å². The Hall–Kier alpha value is -2.38. The maximum absolute atomic E-state index is 12.7. The number of ether oxygens (including phenoxy) is 1. The monoisotopic (exact) mass is 388 g/mol. The van der Waals surface area contributed by atoms with E-state index in [1.165, 1.54) is 4.31 Å². The number of carbonyl (C=O) groups excluding carboxylic acids is 1. The first-order chi connectivity index (χ1) is 12.9. The second-order valence-corrected chi connectivity index (χ2v) is 8.56. The van der Waals surface area contributed by atoms with Gasteiger partial charge in [0.05, 0.1) is 4.90 Å². The Balaban J connectivity index is 1.59. The standard InChI is InChI=1S/C20H24N2O4S/c1-16-7-6-8-18(15-16)26-17(2)20(23)21-11-13-22(14-12-21)27(24,25)19-9-4-3-5-10-19/h3-10,15,17H,11-14H2,1-2H3/t17-/m0/s1. The summed E-state index contributed by atoms with van der Waals surface area (Å²) in [6.07, 6.45) is -0.621.